The first kappa shape index (κ1) is 14.0. The maximum atomic E-state index is 13.4. The molecule has 0 radical (unpaired) electrons. The largest absolute Gasteiger partial charge is 0.373 e. The molecular weight excluding hydrogens is 247 g/mol. The van der Waals surface area contributed by atoms with E-state index < -0.39 is 5.82 Å². The third kappa shape index (κ3) is 4.01. The van der Waals surface area contributed by atoms with Gasteiger partial charge >= 0.3 is 0 Å². The summed E-state index contributed by atoms with van der Waals surface area (Å²) in [6, 6.07) is 6.17. The summed E-state index contributed by atoms with van der Waals surface area (Å²) in [7, 11) is 0. The fourth-order valence-corrected chi connectivity index (χ4v) is 2.37. The molecule has 2 atom stereocenters. The lowest BCUT2D eigenvalue weighted by atomic mass is 10.2. The zero-order chi connectivity index (χ0) is 13.8. The van der Waals surface area contributed by atoms with Crippen LogP contribution in [0.25, 0.3) is 0 Å². The minimum absolute atomic E-state index is 0.116. The number of ether oxygens (including phenoxy) is 1. The van der Waals surface area contributed by atoms with Crippen molar-refractivity contribution in [3.05, 3.63) is 30.1 Å². The predicted molar refractivity (Wildman–Crippen MR) is 71.5 cm³/mol. The standard InChI is InChI=1S/C14H19FN2O2/c1-10-7-17(8-11(2)19-10)9-14(18)16-13-6-4-3-5-12(13)15/h3-6,10-11H,7-9H2,1-2H3,(H,16,18)/t10-,11+. The number of amides is 1. The molecule has 1 aliphatic heterocycles. The van der Waals surface area contributed by atoms with E-state index in [2.05, 4.69) is 5.32 Å². The summed E-state index contributed by atoms with van der Waals surface area (Å²) in [5, 5.41) is 2.59. The van der Waals surface area contributed by atoms with Crippen molar-refractivity contribution in [2.24, 2.45) is 0 Å². The molecule has 2 rings (SSSR count). The number of hydrogen-bond donors (Lipinski definition) is 1. The Hall–Kier alpha value is -1.46. The maximum Gasteiger partial charge on any atom is 0.238 e. The van der Waals surface area contributed by atoms with Crippen molar-refractivity contribution >= 4 is 11.6 Å². The zero-order valence-corrected chi connectivity index (χ0v) is 11.2. The third-order valence-corrected chi connectivity index (χ3v) is 3.01. The summed E-state index contributed by atoms with van der Waals surface area (Å²) in [5.74, 6) is -0.619. The highest BCUT2D eigenvalue weighted by molar-refractivity contribution is 5.92. The molecule has 1 heterocycles. The van der Waals surface area contributed by atoms with Crippen molar-refractivity contribution < 1.29 is 13.9 Å². The molecular formula is C14H19FN2O2. The number of nitrogens with zero attached hydrogens (tertiary/aromatic N) is 1. The Bertz CT molecular complexity index is 443. The van der Waals surface area contributed by atoms with Gasteiger partial charge in [-0.25, -0.2) is 4.39 Å². The van der Waals surface area contributed by atoms with Crippen LogP contribution in [-0.4, -0.2) is 42.6 Å². The highest BCUT2D eigenvalue weighted by Gasteiger charge is 2.23. The van der Waals surface area contributed by atoms with Crippen LogP contribution in [0.1, 0.15) is 13.8 Å². The zero-order valence-electron chi connectivity index (χ0n) is 11.2. The quantitative estimate of drug-likeness (QED) is 0.908. The molecule has 1 amide bonds. The highest BCUT2D eigenvalue weighted by Crippen LogP contribution is 2.13. The molecule has 1 N–H and O–H groups in total. The summed E-state index contributed by atoms with van der Waals surface area (Å²) >= 11 is 0. The molecule has 0 unspecified atom stereocenters. The molecule has 1 fully saturated rings. The number of para-hydroxylation sites is 1. The van der Waals surface area contributed by atoms with Crippen molar-refractivity contribution in [1.29, 1.82) is 0 Å². The molecule has 5 heteroatoms. The molecule has 1 saturated heterocycles. The van der Waals surface area contributed by atoms with Crippen LogP contribution in [0.3, 0.4) is 0 Å². The number of rotatable bonds is 3. The van der Waals surface area contributed by atoms with E-state index in [4.69, 9.17) is 4.74 Å². The topological polar surface area (TPSA) is 41.6 Å². The molecule has 0 aromatic heterocycles. The Morgan fingerprint density at radius 2 is 2.00 bits per heavy atom. The number of morpholine rings is 1. The van der Waals surface area contributed by atoms with E-state index in [1.54, 1.807) is 18.2 Å². The van der Waals surface area contributed by atoms with Gasteiger partial charge in [0.25, 0.3) is 0 Å². The molecule has 0 saturated carbocycles. The average molecular weight is 266 g/mol. The van der Waals surface area contributed by atoms with E-state index >= 15 is 0 Å². The van der Waals surface area contributed by atoms with E-state index in [0.29, 0.717) is 0 Å². The Morgan fingerprint density at radius 3 is 2.63 bits per heavy atom. The summed E-state index contributed by atoms with van der Waals surface area (Å²) < 4.78 is 19.0. The monoisotopic (exact) mass is 266 g/mol. The van der Waals surface area contributed by atoms with Crippen LogP contribution in [0.2, 0.25) is 0 Å². The van der Waals surface area contributed by atoms with E-state index in [-0.39, 0.29) is 30.3 Å². The Morgan fingerprint density at radius 1 is 1.37 bits per heavy atom. The molecule has 0 spiro atoms. The highest BCUT2D eigenvalue weighted by atomic mass is 19.1. The van der Waals surface area contributed by atoms with Gasteiger partial charge in [0.1, 0.15) is 5.82 Å². The molecule has 1 aliphatic rings. The Kier molecular flexibility index (Phi) is 4.50. The fourth-order valence-electron chi connectivity index (χ4n) is 2.37. The molecule has 1 aromatic rings. The van der Waals surface area contributed by atoms with Crippen LogP contribution in [-0.2, 0) is 9.53 Å². The van der Waals surface area contributed by atoms with Gasteiger partial charge < -0.3 is 10.1 Å². The van der Waals surface area contributed by atoms with Gasteiger partial charge in [0.15, 0.2) is 0 Å². The van der Waals surface area contributed by atoms with Crippen LogP contribution in [0, 0.1) is 5.82 Å². The summed E-state index contributed by atoms with van der Waals surface area (Å²) in [6.07, 6.45) is 0.232. The van der Waals surface area contributed by atoms with Crippen LogP contribution in [0.4, 0.5) is 10.1 Å². The van der Waals surface area contributed by atoms with Gasteiger partial charge in [0.05, 0.1) is 24.4 Å². The van der Waals surface area contributed by atoms with Gasteiger partial charge in [-0.2, -0.15) is 0 Å². The van der Waals surface area contributed by atoms with E-state index in [0.717, 1.165) is 13.1 Å². The van der Waals surface area contributed by atoms with Crippen LogP contribution in [0.15, 0.2) is 24.3 Å². The lowest BCUT2D eigenvalue weighted by Gasteiger charge is -2.34. The van der Waals surface area contributed by atoms with Gasteiger partial charge in [0.2, 0.25) is 5.91 Å². The SMILES string of the molecule is C[C@@H]1CN(CC(=O)Nc2ccccc2F)C[C@H](C)O1. The average Bonchev–Trinajstić information content (AvgIpc) is 2.30. The van der Waals surface area contributed by atoms with E-state index in [1.807, 2.05) is 18.7 Å². The lowest BCUT2D eigenvalue weighted by Crippen LogP contribution is -2.48. The molecule has 4 nitrogen and oxygen atoms in total. The predicted octanol–water partition coefficient (Wildman–Crippen LogP) is 1.87. The van der Waals surface area contributed by atoms with Gasteiger partial charge in [-0.1, -0.05) is 12.1 Å². The van der Waals surface area contributed by atoms with Crippen LogP contribution >= 0.6 is 0 Å². The van der Waals surface area contributed by atoms with Crippen molar-refractivity contribution in [1.82, 2.24) is 4.90 Å². The fraction of sp³-hybridized carbons (Fsp3) is 0.500. The number of benzene rings is 1. The Labute approximate surface area is 112 Å². The Balaban J connectivity index is 1.89. The second-order valence-electron chi connectivity index (χ2n) is 4.98. The normalized spacial score (nSPS) is 24.2. The number of anilines is 1. The summed E-state index contributed by atoms with van der Waals surface area (Å²) in [6.45, 7) is 5.66. The minimum atomic E-state index is -0.417. The van der Waals surface area contributed by atoms with E-state index in [9.17, 15) is 9.18 Å². The number of nitrogens with one attached hydrogen (secondary N) is 1. The van der Waals surface area contributed by atoms with Crippen molar-refractivity contribution in [2.75, 3.05) is 25.0 Å². The van der Waals surface area contributed by atoms with Crippen molar-refractivity contribution in [3.8, 4) is 0 Å². The first-order chi connectivity index (χ1) is 9.04. The second kappa shape index (κ2) is 6.12. The molecule has 19 heavy (non-hydrogen) atoms. The van der Waals surface area contributed by atoms with Crippen molar-refractivity contribution in [2.45, 2.75) is 26.1 Å². The second-order valence-corrected chi connectivity index (χ2v) is 4.98. The number of halogens is 1. The first-order valence-corrected chi connectivity index (χ1v) is 6.47. The number of carbonyl (C=O) groups excluding carboxylic acids is 1. The number of carbonyl (C=O) groups is 1. The minimum Gasteiger partial charge on any atom is -0.373 e. The van der Waals surface area contributed by atoms with Gasteiger partial charge in [-0.15, -0.1) is 0 Å². The third-order valence-electron chi connectivity index (χ3n) is 3.01. The molecule has 0 bridgehead atoms. The lowest BCUT2D eigenvalue weighted by molar-refractivity contribution is -0.121. The van der Waals surface area contributed by atoms with Gasteiger partial charge in [0, 0.05) is 13.1 Å². The summed E-state index contributed by atoms with van der Waals surface area (Å²) in [5.41, 5.74) is 0.224. The first-order valence-electron chi connectivity index (χ1n) is 6.47. The van der Waals surface area contributed by atoms with Gasteiger partial charge in [-0.05, 0) is 26.0 Å². The molecule has 104 valence electrons. The van der Waals surface area contributed by atoms with E-state index in [1.165, 1.54) is 6.07 Å². The summed E-state index contributed by atoms with van der Waals surface area (Å²) in [4.78, 5) is 13.9. The van der Waals surface area contributed by atoms with Crippen LogP contribution < -0.4 is 5.32 Å². The van der Waals surface area contributed by atoms with Crippen molar-refractivity contribution in [3.63, 3.8) is 0 Å². The number of hydrogen-bond acceptors (Lipinski definition) is 3. The maximum absolute atomic E-state index is 13.4. The molecule has 1 aromatic carbocycles. The van der Waals surface area contributed by atoms with Crippen LogP contribution in [0.5, 0.6) is 0 Å². The molecule has 0 aliphatic carbocycles. The smallest absolute Gasteiger partial charge is 0.238 e. The van der Waals surface area contributed by atoms with Gasteiger partial charge in [-0.3, -0.25) is 9.69 Å².